The van der Waals surface area contributed by atoms with Crippen LogP contribution in [0.4, 0.5) is 17.6 Å². The molecular formula is C12H10N7NaO4S. The molecule has 0 aliphatic rings. The van der Waals surface area contributed by atoms with E-state index in [0.717, 1.165) is 0 Å². The van der Waals surface area contributed by atoms with Gasteiger partial charge in [0.25, 0.3) is 10.4 Å². The minimum Gasteiger partial charge on any atom is -0.716 e. The average Bonchev–Trinajstić information content (AvgIpc) is 2.57. The molecule has 0 saturated carbocycles. The Bertz CT molecular complexity index is 1230. The third-order valence-corrected chi connectivity index (χ3v) is 3.00. The van der Waals surface area contributed by atoms with E-state index < -0.39 is 45.9 Å². The van der Waals surface area contributed by atoms with E-state index in [2.05, 4.69) is 24.1 Å². The van der Waals surface area contributed by atoms with Gasteiger partial charge in [-0.1, -0.05) is 0 Å². The van der Waals surface area contributed by atoms with Crippen LogP contribution >= 0.6 is 0 Å². The molecule has 0 aliphatic heterocycles. The normalized spacial score (nSPS) is 13.3. The van der Waals surface area contributed by atoms with Crippen molar-refractivity contribution in [2.75, 3.05) is 17.2 Å². The molecule has 0 amide bonds. The molecule has 124 valence electrons. The van der Waals surface area contributed by atoms with Gasteiger partial charge in [-0.3, -0.25) is 0 Å². The van der Waals surface area contributed by atoms with Crippen LogP contribution in [0.3, 0.4) is 0 Å². The summed E-state index contributed by atoms with van der Waals surface area (Å²) in [6, 6.07) is -3.40. The molecule has 0 fully saturated rings. The Morgan fingerprint density at radius 3 is 2.24 bits per heavy atom. The molecule has 0 saturated heterocycles. The summed E-state index contributed by atoms with van der Waals surface area (Å²) >= 11 is 0. The Morgan fingerprint density at radius 2 is 1.64 bits per heavy atom. The maximum Gasteiger partial charge on any atom is 1.00 e. The fraction of sp³-hybridized carbons (Fsp3) is 0. The second kappa shape index (κ2) is 6.93. The Kier molecular flexibility index (Phi) is 3.88. The molecule has 25 heavy (non-hydrogen) atoms. The Labute approximate surface area is 169 Å². The number of hydrogen-bond acceptors (Lipinski definition) is 11. The molecule has 3 aromatic rings. The predicted octanol–water partition coefficient (Wildman–Crippen LogP) is -3.32. The van der Waals surface area contributed by atoms with Gasteiger partial charge in [0.05, 0.1) is 5.48 Å². The third-order valence-electron chi connectivity index (χ3n) is 2.63. The molecule has 13 heteroatoms. The molecule has 0 spiro atoms. The first-order valence-electron chi connectivity index (χ1n) is 8.03. The van der Waals surface area contributed by atoms with E-state index in [1.54, 1.807) is 0 Å². The van der Waals surface area contributed by atoms with Crippen molar-refractivity contribution in [1.29, 1.82) is 0 Å². The number of rotatable bonds is 3. The molecule has 0 atom stereocenters. The Balaban J connectivity index is 0.00000300. The van der Waals surface area contributed by atoms with Crippen LogP contribution in [0.2, 0.25) is 0 Å². The minimum atomic E-state index is -5.33. The molecule has 1 aromatic carbocycles. The van der Waals surface area contributed by atoms with Crippen LogP contribution in [0.25, 0.3) is 22.4 Å². The van der Waals surface area contributed by atoms with E-state index in [1.807, 2.05) is 0 Å². The number of anilines is 3. The quantitative estimate of drug-likeness (QED) is 0.235. The van der Waals surface area contributed by atoms with Crippen molar-refractivity contribution < 1.29 is 52.2 Å². The number of nitrogens with two attached hydrogens (primary N) is 3. The van der Waals surface area contributed by atoms with Gasteiger partial charge < -0.3 is 25.9 Å². The van der Waals surface area contributed by atoms with Gasteiger partial charge in [0, 0.05) is 5.56 Å². The summed E-state index contributed by atoms with van der Waals surface area (Å²) in [6.07, 6.45) is 0. The van der Waals surface area contributed by atoms with Gasteiger partial charge in [0.15, 0.2) is 22.8 Å². The van der Waals surface area contributed by atoms with Crippen LogP contribution in [0, 0.1) is 0 Å². The van der Waals surface area contributed by atoms with Gasteiger partial charge in [0.2, 0.25) is 5.95 Å². The number of fused-ring (bicyclic) bond motifs is 1. The minimum absolute atomic E-state index is 0. The van der Waals surface area contributed by atoms with Crippen molar-refractivity contribution in [3.63, 3.8) is 0 Å². The molecular weight excluding hydrogens is 361 g/mol. The number of benzene rings is 1. The van der Waals surface area contributed by atoms with Gasteiger partial charge in [-0.2, -0.15) is 9.97 Å². The molecule has 0 aliphatic carbocycles. The largest absolute Gasteiger partial charge is 1.00 e. The SMILES string of the molecule is [2H]c1c([2H])c(-c2nc3c(N)nc(N)nc3nc2N)c([2H])c([2H])c1OS(=O)(=O)[O-].[Na+]. The maximum atomic E-state index is 10.8. The summed E-state index contributed by atoms with van der Waals surface area (Å²) in [5, 5.41) is 0. The zero-order valence-electron chi connectivity index (χ0n) is 16.6. The number of nitrogen functional groups attached to an aromatic ring is 3. The molecule has 11 nitrogen and oxygen atoms in total. The van der Waals surface area contributed by atoms with Crippen molar-refractivity contribution in [3.8, 4) is 17.0 Å². The first-order chi connectivity index (χ1) is 12.9. The smallest absolute Gasteiger partial charge is 0.716 e. The molecule has 3 rings (SSSR count). The molecule has 2 heterocycles. The molecule has 0 bridgehead atoms. The summed E-state index contributed by atoms with van der Waals surface area (Å²) in [5.41, 5.74) is 16.2. The maximum absolute atomic E-state index is 10.8. The fourth-order valence-electron chi connectivity index (χ4n) is 1.75. The number of nitrogens with zero attached hydrogens (tertiary/aromatic N) is 4. The van der Waals surface area contributed by atoms with E-state index in [-0.39, 0.29) is 64.0 Å². The van der Waals surface area contributed by atoms with E-state index in [4.69, 9.17) is 22.7 Å². The summed E-state index contributed by atoms with van der Waals surface area (Å²) in [7, 11) is -5.33. The van der Waals surface area contributed by atoms with Crippen LogP contribution in [-0.2, 0) is 10.4 Å². The topological polar surface area (TPSA) is 196 Å². The van der Waals surface area contributed by atoms with Crippen molar-refractivity contribution in [1.82, 2.24) is 19.9 Å². The number of aromatic nitrogens is 4. The summed E-state index contributed by atoms with van der Waals surface area (Å²) in [4.78, 5) is 15.5. The van der Waals surface area contributed by atoms with E-state index >= 15 is 0 Å². The number of hydrogen-bond donors (Lipinski definition) is 3. The first-order valence-corrected chi connectivity index (χ1v) is 7.36. The second-order valence-electron chi connectivity index (χ2n) is 4.29. The van der Waals surface area contributed by atoms with Gasteiger partial charge in [0.1, 0.15) is 11.4 Å². The third kappa shape index (κ3) is 4.24. The standard InChI is InChI=1S/C12H11N7O4S.Na/c13-9-7(5-1-3-6(4-2-5)23-24(20,21)22)16-8-10(14)18-12(15)19-11(8)17-9;/h1-4H,(H,20,21,22)(H6,13,14,15,17,18,19);/q;+1/p-1/i1D,2D,3D,4D;. The van der Waals surface area contributed by atoms with Crippen molar-refractivity contribution in [3.05, 3.63) is 24.2 Å². The van der Waals surface area contributed by atoms with Crippen LogP contribution < -0.4 is 50.9 Å². The molecule has 2 aromatic heterocycles. The Morgan fingerprint density at radius 1 is 1.00 bits per heavy atom. The zero-order valence-corrected chi connectivity index (χ0v) is 15.4. The summed E-state index contributed by atoms with van der Waals surface area (Å²) in [6.45, 7) is 0. The van der Waals surface area contributed by atoms with Gasteiger partial charge in [-0.25, -0.2) is 18.4 Å². The second-order valence-corrected chi connectivity index (χ2v) is 5.28. The van der Waals surface area contributed by atoms with Crippen LogP contribution in [0.15, 0.2) is 24.2 Å². The van der Waals surface area contributed by atoms with Crippen molar-refractivity contribution in [2.24, 2.45) is 0 Å². The van der Waals surface area contributed by atoms with Crippen LogP contribution in [0.1, 0.15) is 5.48 Å². The Hall–Kier alpha value is -2.25. The first kappa shape index (κ1) is 14.0. The van der Waals surface area contributed by atoms with E-state index in [1.165, 1.54) is 0 Å². The van der Waals surface area contributed by atoms with Crippen molar-refractivity contribution in [2.45, 2.75) is 0 Å². The monoisotopic (exact) mass is 375 g/mol. The molecule has 6 N–H and O–H groups in total. The summed E-state index contributed by atoms with van der Waals surface area (Å²) in [5.74, 6) is -1.73. The van der Waals surface area contributed by atoms with Gasteiger partial charge >= 0.3 is 29.6 Å². The van der Waals surface area contributed by atoms with Crippen LogP contribution in [0.5, 0.6) is 5.75 Å². The van der Waals surface area contributed by atoms with Gasteiger partial charge in [-0.15, -0.1) is 0 Å². The predicted molar refractivity (Wildman–Crippen MR) is 84.1 cm³/mol. The van der Waals surface area contributed by atoms with Crippen LogP contribution in [-0.4, -0.2) is 32.9 Å². The van der Waals surface area contributed by atoms with E-state index in [9.17, 15) is 13.0 Å². The van der Waals surface area contributed by atoms with Gasteiger partial charge in [-0.05, 0) is 24.2 Å². The molecule has 0 unspecified atom stereocenters. The molecule has 0 radical (unpaired) electrons. The fourth-order valence-corrected chi connectivity index (χ4v) is 2.03. The van der Waals surface area contributed by atoms with E-state index in [0.29, 0.717) is 0 Å². The summed E-state index contributed by atoms with van der Waals surface area (Å²) < 4.78 is 68.2. The zero-order chi connectivity index (χ0) is 21.0. The van der Waals surface area contributed by atoms with Crippen molar-refractivity contribution >= 4 is 39.1 Å². The average molecular weight is 375 g/mol.